The fourth-order valence-electron chi connectivity index (χ4n) is 5.05. The predicted molar refractivity (Wildman–Crippen MR) is 139 cm³/mol. The van der Waals surface area contributed by atoms with Crippen molar-refractivity contribution in [1.82, 2.24) is 25.6 Å². The molecule has 3 amide bonds. The second kappa shape index (κ2) is 11.6. The number of nitrogens with zero attached hydrogens (tertiary/aromatic N) is 4. The van der Waals surface area contributed by atoms with Crippen molar-refractivity contribution in [3.8, 4) is 0 Å². The third kappa shape index (κ3) is 5.89. The van der Waals surface area contributed by atoms with E-state index in [-0.39, 0.29) is 48.9 Å². The summed E-state index contributed by atoms with van der Waals surface area (Å²) in [6.45, 7) is -0.356. The third-order valence-electron chi connectivity index (χ3n) is 7.08. The summed E-state index contributed by atoms with van der Waals surface area (Å²) in [7, 11) is 0. The molecule has 1 aromatic heterocycles. The number of carbonyl (C=O) groups excluding carboxylic acids is 2. The van der Waals surface area contributed by atoms with Crippen LogP contribution in [0.1, 0.15) is 36.1 Å². The number of anilines is 1. The van der Waals surface area contributed by atoms with Crippen LogP contribution in [0.25, 0.3) is 0 Å². The Morgan fingerprint density at radius 2 is 1.95 bits per heavy atom. The van der Waals surface area contributed by atoms with Crippen LogP contribution in [0, 0.1) is 17.5 Å². The normalized spacial score (nSPS) is 24.1. The van der Waals surface area contributed by atoms with E-state index in [1.165, 1.54) is 17.1 Å². The van der Waals surface area contributed by atoms with Gasteiger partial charge in [0.2, 0.25) is 5.60 Å². The van der Waals surface area contributed by atoms with Crippen molar-refractivity contribution in [3.05, 3.63) is 76.2 Å². The molecule has 0 aliphatic carbocycles. The zero-order chi connectivity index (χ0) is 30.2. The first-order valence-electron chi connectivity index (χ1n) is 12.7. The number of halogens is 4. The number of hydrogen-bond donors (Lipinski definition) is 4. The van der Waals surface area contributed by atoms with E-state index in [2.05, 4.69) is 20.8 Å². The number of carbonyl (C=O) groups is 3. The van der Waals surface area contributed by atoms with Gasteiger partial charge in [0.25, 0.3) is 11.8 Å². The minimum Gasteiger partial charge on any atom is -0.465 e. The molecule has 42 heavy (non-hydrogen) atoms. The second-order valence-corrected chi connectivity index (χ2v) is 10.4. The van der Waals surface area contributed by atoms with E-state index in [4.69, 9.17) is 16.3 Å². The number of ether oxygens (including phenoxy) is 1. The molecule has 0 bridgehead atoms. The lowest BCUT2D eigenvalue weighted by atomic mass is 9.93. The molecule has 2 aliphatic rings. The van der Waals surface area contributed by atoms with Crippen molar-refractivity contribution < 1.29 is 42.5 Å². The molecule has 3 aromatic rings. The number of amides is 3. The van der Waals surface area contributed by atoms with Crippen molar-refractivity contribution >= 4 is 35.3 Å². The summed E-state index contributed by atoms with van der Waals surface area (Å²) in [5.74, 6) is -4.01. The first kappa shape index (κ1) is 29.3. The molecule has 2 saturated heterocycles. The number of benzene rings is 2. The van der Waals surface area contributed by atoms with Crippen molar-refractivity contribution in [2.45, 2.75) is 43.2 Å². The highest BCUT2D eigenvalue weighted by molar-refractivity contribution is 6.30. The summed E-state index contributed by atoms with van der Waals surface area (Å²) in [4.78, 5) is 39.6. The monoisotopic (exact) mass is 608 g/mol. The van der Waals surface area contributed by atoms with Gasteiger partial charge in [-0.25, -0.2) is 18.0 Å². The van der Waals surface area contributed by atoms with Gasteiger partial charge in [-0.2, -0.15) is 9.90 Å². The second-order valence-electron chi connectivity index (χ2n) is 9.92. The summed E-state index contributed by atoms with van der Waals surface area (Å²) < 4.78 is 47.5. The highest BCUT2D eigenvalue weighted by atomic mass is 35.5. The molecule has 2 fully saturated rings. The highest BCUT2D eigenvalue weighted by Crippen LogP contribution is 2.35. The van der Waals surface area contributed by atoms with Gasteiger partial charge >= 0.3 is 6.09 Å². The van der Waals surface area contributed by atoms with Crippen LogP contribution in [-0.2, 0) is 20.9 Å². The first-order valence-corrected chi connectivity index (χ1v) is 13.1. The predicted octanol–water partition coefficient (Wildman–Crippen LogP) is 2.47. The largest absolute Gasteiger partial charge is 0.465 e. The Bertz CT molecular complexity index is 1520. The quantitative estimate of drug-likeness (QED) is 0.298. The summed E-state index contributed by atoms with van der Waals surface area (Å²) in [6, 6.07) is 4.80. The molecule has 3 heterocycles. The summed E-state index contributed by atoms with van der Waals surface area (Å²) in [6.07, 6.45) is -1.52. The van der Waals surface area contributed by atoms with E-state index in [9.17, 15) is 37.8 Å². The van der Waals surface area contributed by atoms with Gasteiger partial charge < -0.3 is 25.6 Å². The first-order chi connectivity index (χ1) is 19.9. The molecule has 4 atom stereocenters. The lowest BCUT2D eigenvalue weighted by molar-refractivity contribution is -0.149. The van der Waals surface area contributed by atoms with Crippen LogP contribution in [0.15, 0.2) is 42.6 Å². The molecule has 0 unspecified atom stereocenters. The van der Waals surface area contributed by atoms with E-state index in [0.717, 1.165) is 35.2 Å². The van der Waals surface area contributed by atoms with Gasteiger partial charge in [0.15, 0.2) is 5.82 Å². The molecular formula is C26H24ClF3N6O6. The third-order valence-corrected chi connectivity index (χ3v) is 7.30. The molecular weight excluding hydrogens is 585 g/mol. The van der Waals surface area contributed by atoms with Crippen LogP contribution in [-0.4, -0.2) is 67.9 Å². The van der Waals surface area contributed by atoms with E-state index in [1.54, 1.807) is 0 Å². The number of hydrogen-bond acceptors (Lipinski definition) is 7. The van der Waals surface area contributed by atoms with Gasteiger partial charge in [0.05, 0.1) is 24.9 Å². The molecule has 2 aliphatic heterocycles. The van der Waals surface area contributed by atoms with Crippen LogP contribution < -0.4 is 15.5 Å². The smallest absolute Gasteiger partial charge is 0.404 e. The number of aromatic nitrogens is 3. The maximum atomic E-state index is 14.4. The topological polar surface area (TPSA) is 159 Å². The Balaban J connectivity index is 1.27. The fourth-order valence-corrected chi connectivity index (χ4v) is 5.30. The average molecular weight is 609 g/mol. The Labute approximate surface area is 241 Å². The van der Waals surface area contributed by atoms with E-state index in [1.807, 2.05) is 0 Å². The fraction of sp³-hybridized carbons (Fsp3) is 0.346. The SMILES string of the molecule is O=C(O)N[C@H]1C[C@@H](n2ncc(N3CC[C@](O)(C(=O)NCc4cc(F)cc(Cl)c4)C3=O)n2)CO[C@@H]1c1cc(F)ccc1F. The van der Waals surface area contributed by atoms with Gasteiger partial charge in [0.1, 0.15) is 23.6 Å². The van der Waals surface area contributed by atoms with Crippen LogP contribution in [0.4, 0.5) is 23.8 Å². The van der Waals surface area contributed by atoms with E-state index in [0.29, 0.717) is 5.56 Å². The lowest BCUT2D eigenvalue weighted by Gasteiger charge is -2.36. The van der Waals surface area contributed by atoms with Crippen LogP contribution in [0.3, 0.4) is 0 Å². The molecule has 2 aromatic carbocycles. The Kier molecular flexibility index (Phi) is 8.08. The molecule has 0 radical (unpaired) electrons. The van der Waals surface area contributed by atoms with Gasteiger partial charge in [0, 0.05) is 30.1 Å². The minimum atomic E-state index is -2.41. The van der Waals surface area contributed by atoms with Crippen molar-refractivity contribution in [1.29, 1.82) is 0 Å². The van der Waals surface area contributed by atoms with Crippen LogP contribution in [0.5, 0.6) is 0 Å². The number of nitrogens with one attached hydrogen (secondary N) is 2. The highest BCUT2D eigenvalue weighted by Gasteiger charge is 2.52. The number of rotatable bonds is 7. The Morgan fingerprint density at radius 3 is 2.69 bits per heavy atom. The number of carboxylic acid groups (broad SMARTS) is 1. The Morgan fingerprint density at radius 1 is 1.17 bits per heavy atom. The van der Waals surface area contributed by atoms with Crippen molar-refractivity contribution in [2.75, 3.05) is 18.1 Å². The van der Waals surface area contributed by atoms with Crippen LogP contribution >= 0.6 is 11.6 Å². The summed E-state index contributed by atoms with van der Waals surface area (Å²) in [5, 5.41) is 33.4. The van der Waals surface area contributed by atoms with Gasteiger partial charge in [-0.15, -0.1) is 5.10 Å². The van der Waals surface area contributed by atoms with Crippen molar-refractivity contribution in [3.63, 3.8) is 0 Å². The number of aliphatic hydroxyl groups is 1. The zero-order valence-electron chi connectivity index (χ0n) is 21.6. The molecule has 0 saturated carbocycles. The maximum Gasteiger partial charge on any atom is 0.404 e. The van der Waals surface area contributed by atoms with Gasteiger partial charge in [-0.05, 0) is 48.4 Å². The van der Waals surface area contributed by atoms with Crippen LogP contribution in [0.2, 0.25) is 5.02 Å². The van der Waals surface area contributed by atoms with Gasteiger partial charge in [-0.1, -0.05) is 11.6 Å². The zero-order valence-corrected chi connectivity index (χ0v) is 22.4. The molecule has 0 spiro atoms. The molecule has 5 rings (SSSR count). The Hall–Kier alpha value is -4.21. The standard InChI is InChI=1S/C26H24ClF3N6O6/c27-14-5-13(6-16(29)7-14)10-31-23(37)26(41)3-4-35(24(26)38)21-11-32-36(34-21)17-9-20(33-25(39)40)22(42-12-17)18-8-15(28)1-2-19(18)30/h1-2,5-8,11,17,20,22,33,41H,3-4,9-10,12H2,(H,31,37)(H,39,40)/t17-,20+,22-,26+/m1/s1. The van der Waals surface area contributed by atoms with E-state index < -0.39 is 59.1 Å². The maximum absolute atomic E-state index is 14.4. The summed E-state index contributed by atoms with van der Waals surface area (Å²) in [5.41, 5.74) is -2.23. The van der Waals surface area contributed by atoms with Gasteiger partial charge in [-0.3, -0.25) is 14.5 Å². The molecule has 12 nitrogen and oxygen atoms in total. The minimum absolute atomic E-state index is 0.0154. The average Bonchev–Trinajstić information content (AvgIpc) is 3.53. The van der Waals surface area contributed by atoms with E-state index >= 15 is 0 Å². The van der Waals surface area contributed by atoms with Crippen molar-refractivity contribution in [2.24, 2.45) is 0 Å². The lowest BCUT2D eigenvalue weighted by Crippen LogP contribution is -2.52. The molecule has 4 N–H and O–H groups in total. The molecule has 222 valence electrons. The summed E-state index contributed by atoms with van der Waals surface area (Å²) >= 11 is 5.82. The molecule has 16 heteroatoms.